The van der Waals surface area contributed by atoms with Crippen LogP contribution in [0.25, 0.3) is 0 Å². The number of hydrogen-bond donors (Lipinski definition) is 2. The predicted octanol–water partition coefficient (Wildman–Crippen LogP) is 2.75. The van der Waals surface area contributed by atoms with Crippen LogP contribution in [-0.2, 0) is 16.0 Å². The normalized spacial score (nSPS) is 12.1. The fraction of sp³-hybridized carbons (Fsp3) is 0.467. The lowest BCUT2D eigenvalue weighted by atomic mass is 9.95. The molecule has 0 spiro atoms. The first kappa shape index (κ1) is 16.6. The van der Waals surface area contributed by atoms with Crippen molar-refractivity contribution in [3.8, 4) is 0 Å². The van der Waals surface area contributed by atoms with Gasteiger partial charge in [0.1, 0.15) is 0 Å². The monoisotopic (exact) mass is 296 g/mol. The SMILES string of the molecule is Cc1cccc(CC(CSCCC(=O)O)C(=O)O)c1C. The van der Waals surface area contributed by atoms with Crippen molar-refractivity contribution in [2.45, 2.75) is 26.7 Å². The molecule has 0 aliphatic rings. The van der Waals surface area contributed by atoms with E-state index >= 15 is 0 Å². The van der Waals surface area contributed by atoms with Crippen LogP contribution < -0.4 is 0 Å². The molecule has 1 aromatic rings. The van der Waals surface area contributed by atoms with Gasteiger partial charge in [-0.05, 0) is 37.0 Å². The van der Waals surface area contributed by atoms with E-state index in [0.717, 1.165) is 16.7 Å². The second kappa shape index (κ2) is 7.94. The number of carboxylic acid groups (broad SMARTS) is 2. The molecule has 0 aliphatic heterocycles. The first-order valence-electron chi connectivity index (χ1n) is 6.49. The highest BCUT2D eigenvalue weighted by atomic mass is 32.2. The fourth-order valence-corrected chi connectivity index (χ4v) is 2.93. The maximum Gasteiger partial charge on any atom is 0.307 e. The number of aryl methyl sites for hydroxylation is 1. The molecule has 1 rings (SSSR count). The van der Waals surface area contributed by atoms with Gasteiger partial charge in [0.25, 0.3) is 0 Å². The van der Waals surface area contributed by atoms with E-state index < -0.39 is 17.9 Å². The summed E-state index contributed by atoms with van der Waals surface area (Å²) in [6.45, 7) is 4.01. The van der Waals surface area contributed by atoms with E-state index in [9.17, 15) is 14.7 Å². The van der Waals surface area contributed by atoms with E-state index in [0.29, 0.717) is 17.9 Å². The number of carboxylic acids is 2. The second-order valence-corrected chi connectivity index (χ2v) is 5.97. The number of aliphatic carboxylic acids is 2. The van der Waals surface area contributed by atoms with Crippen molar-refractivity contribution in [1.29, 1.82) is 0 Å². The molecule has 0 heterocycles. The van der Waals surface area contributed by atoms with Gasteiger partial charge < -0.3 is 10.2 Å². The van der Waals surface area contributed by atoms with E-state index in [1.54, 1.807) is 0 Å². The quantitative estimate of drug-likeness (QED) is 0.722. The average Bonchev–Trinajstić information content (AvgIpc) is 2.37. The summed E-state index contributed by atoms with van der Waals surface area (Å²) in [6, 6.07) is 5.91. The molecule has 5 heteroatoms. The van der Waals surface area contributed by atoms with Gasteiger partial charge in [0.15, 0.2) is 0 Å². The Morgan fingerprint density at radius 3 is 2.55 bits per heavy atom. The Bertz CT molecular complexity index is 485. The van der Waals surface area contributed by atoms with Crippen LogP contribution in [0.2, 0.25) is 0 Å². The summed E-state index contributed by atoms with van der Waals surface area (Å²) in [5, 5.41) is 17.8. The van der Waals surface area contributed by atoms with E-state index in [1.807, 2.05) is 32.0 Å². The lowest BCUT2D eigenvalue weighted by molar-refractivity contribution is -0.141. The molecule has 0 aliphatic carbocycles. The Hall–Kier alpha value is -1.49. The van der Waals surface area contributed by atoms with E-state index in [4.69, 9.17) is 5.11 Å². The van der Waals surface area contributed by atoms with Crippen LogP contribution in [0.4, 0.5) is 0 Å². The van der Waals surface area contributed by atoms with Crippen LogP contribution in [0, 0.1) is 19.8 Å². The van der Waals surface area contributed by atoms with Crippen LogP contribution in [0.5, 0.6) is 0 Å². The van der Waals surface area contributed by atoms with Gasteiger partial charge >= 0.3 is 11.9 Å². The van der Waals surface area contributed by atoms with Gasteiger partial charge in [0, 0.05) is 11.5 Å². The van der Waals surface area contributed by atoms with Gasteiger partial charge in [-0.2, -0.15) is 11.8 Å². The number of benzene rings is 1. The molecule has 0 saturated heterocycles. The van der Waals surface area contributed by atoms with Crippen LogP contribution in [-0.4, -0.2) is 33.7 Å². The van der Waals surface area contributed by atoms with Crippen molar-refractivity contribution >= 4 is 23.7 Å². The van der Waals surface area contributed by atoms with Gasteiger partial charge in [0.2, 0.25) is 0 Å². The maximum atomic E-state index is 11.3. The largest absolute Gasteiger partial charge is 0.481 e. The van der Waals surface area contributed by atoms with E-state index in [1.165, 1.54) is 11.8 Å². The highest BCUT2D eigenvalue weighted by Crippen LogP contribution is 2.20. The zero-order valence-electron chi connectivity index (χ0n) is 11.8. The molecule has 20 heavy (non-hydrogen) atoms. The van der Waals surface area contributed by atoms with Crippen LogP contribution >= 0.6 is 11.8 Å². The summed E-state index contributed by atoms with van der Waals surface area (Å²) >= 11 is 1.39. The van der Waals surface area contributed by atoms with Gasteiger partial charge in [0.05, 0.1) is 12.3 Å². The van der Waals surface area contributed by atoms with Gasteiger partial charge in [-0.25, -0.2) is 0 Å². The van der Waals surface area contributed by atoms with Crippen LogP contribution in [0.3, 0.4) is 0 Å². The van der Waals surface area contributed by atoms with Gasteiger partial charge in [-0.15, -0.1) is 0 Å². The number of carbonyl (C=O) groups is 2. The first-order valence-corrected chi connectivity index (χ1v) is 7.64. The molecule has 0 amide bonds. The summed E-state index contributed by atoms with van der Waals surface area (Å²) in [5.41, 5.74) is 3.34. The predicted molar refractivity (Wildman–Crippen MR) is 80.3 cm³/mol. The molecule has 0 fully saturated rings. The number of thioether (sulfide) groups is 1. The zero-order valence-corrected chi connectivity index (χ0v) is 12.6. The third-order valence-electron chi connectivity index (χ3n) is 3.31. The minimum Gasteiger partial charge on any atom is -0.481 e. The van der Waals surface area contributed by atoms with Crippen molar-refractivity contribution in [1.82, 2.24) is 0 Å². The Kier molecular flexibility index (Phi) is 6.58. The maximum absolute atomic E-state index is 11.3. The highest BCUT2D eigenvalue weighted by Gasteiger charge is 2.19. The summed E-state index contributed by atoms with van der Waals surface area (Å²) in [6.07, 6.45) is 0.559. The van der Waals surface area contributed by atoms with E-state index in [2.05, 4.69) is 0 Å². The summed E-state index contributed by atoms with van der Waals surface area (Å²) in [5.74, 6) is -1.26. The highest BCUT2D eigenvalue weighted by molar-refractivity contribution is 7.99. The Balaban J connectivity index is 2.61. The van der Waals surface area contributed by atoms with E-state index in [-0.39, 0.29) is 6.42 Å². The van der Waals surface area contributed by atoms with Crippen molar-refractivity contribution in [2.24, 2.45) is 5.92 Å². The van der Waals surface area contributed by atoms with Crippen molar-refractivity contribution in [3.63, 3.8) is 0 Å². The summed E-state index contributed by atoms with van der Waals surface area (Å²) in [7, 11) is 0. The zero-order chi connectivity index (χ0) is 15.1. The van der Waals surface area contributed by atoms with Crippen molar-refractivity contribution in [2.75, 3.05) is 11.5 Å². The molecule has 1 aromatic carbocycles. The molecular formula is C15H20O4S. The third-order valence-corrected chi connectivity index (χ3v) is 4.44. The molecule has 0 saturated carbocycles. The Labute approximate surface area is 123 Å². The van der Waals surface area contributed by atoms with Crippen LogP contribution in [0.1, 0.15) is 23.1 Å². The summed E-state index contributed by atoms with van der Waals surface area (Å²) < 4.78 is 0. The first-order chi connectivity index (χ1) is 9.41. The molecule has 110 valence electrons. The van der Waals surface area contributed by atoms with Crippen molar-refractivity contribution < 1.29 is 19.8 Å². The standard InChI is InChI=1S/C15H20O4S/c1-10-4-3-5-12(11(10)2)8-13(15(18)19)9-20-7-6-14(16)17/h3-5,13H,6-9H2,1-2H3,(H,16,17)(H,18,19). The molecule has 0 radical (unpaired) electrons. The minimum atomic E-state index is -0.848. The number of rotatable bonds is 8. The van der Waals surface area contributed by atoms with Gasteiger partial charge in [-0.1, -0.05) is 18.2 Å². The lowest BCUT2D eigenvalue weighted by Gasteiger charge is -2.14. The molecule has 2 N–H and O–H groups in total. The lowest BCUT2D eigenvalue weighted by Crippen LogP contribution is -2.20. The van der Waals surface area contributed by atoms with Crippen molar-refractivity contribution in [3.05, 3.63) is 34.9 Å². The third kappa shape index (κ3) is 5.25. The molecular weight excluding hydrogens is 276 g/mol. The smallest absolute Gasteiger partial charge is 0.307 e. The minimum absolute atomic E-state index is 0.0699. The fourth-order valence-electron chi connectivity index (χ4n) is 1.90. The molecule has 0 aromatic heterocycles. The molecule has 0 bridgehead atoms. The molecule has 1 unspecified atom stereocenters. The molecule has 1 atom stereocenters. The Morgan fingerprint density at radius 1 is 1.25 bits per heavy atom. The Morgan fingerprint density at radius 2 is 1.95 bits per heavy atom. The topological polar surface area (TPSA) is 74.6 Å². The average molecular weight is 296 g/mol. The second-order valence-electron chi connectivity index (χ2n) is 4.82. The summed E-state index contributed by atoms with van der Waals surface area (Å²) in [4.78, 5) is 21.7. The number of hydrogen-bond acceptors (Lipinski definition) is 3. The molecule has 4 nitrogen and oxygen atoms in total. The van der Waals surface area contributed by atoms with Crippen LogP contribution in [0.15, 0.2) is 18.2 Å². The van der Waals surface area contributed by atoms with Gasteiger partial charge in [-0.3, -0.25) is 9.59 Å².